The predicted molar refractivity (Wildman–Crippen MR) is 83.0 cm³/mol. The van der Waals surface area contributed by atoms with Crippen LogP contribution in [0.2, 0.25) is 10.0 Å². The molecule has 1 aromatic heterocycles. The first-order valence-electron chi connectivity index (χ1n) is 6.02. The number of hydrogen-bond donors (Lipinski definition) is 1. The second kappa shape index (κ2) is 6.80. The maximum absolute atomic E-state index is 6.24. The fourth-order valence-corrected chi connectivity index (χ4v) is 2.93. The fraction of sp³-hybridized carbons (Fsp3) is 0.286. The van der Waals surface area contributed by atoms with Crippen molar-refractivity contribution < 1.29 is 4.42 Å². The van der Waals surface area contributed by atoms with E-state index in [0.717, 1.165) is 28.8 Å². The van der Waals surface area contributed by atoms with Crippen LogP contribution in [0, 0.1) is 0 Å². The summed E-state index contributed by atoms with van der Waals surface area (Å²) < 4.78 is 6.05. The molecule has 102 valence electrons. The molecule has 0 amide bonds. The van der Waals surface area contributed by atoms with Gasteiger partial charge in [-0.3, -0.25) is 0 Å². The Morgan fingerprint density at radius 2 is 2.11 bits per heavy atom. The third-order valence-corrected chi connectivity index (χ3v) is 4.43. The zero-order valence-electron chi connectivity index (χ0n) is 10.4. The molecule has 0 saturated carbocycles. The molecule has 0 saturated heterocycles. The van der Waals surface area contributed by atoms with E-state index >= 15 is 0 Å². The SMILES string of the molecule is CCNC(Cc1cccc(Cl)c1Cl)c1ccoc1Br. The molecule has 1 aromatic carbocycles. The van der Waals surface area contributed by atoms with Crippen LogP contribution in [0.1, 0.15) is 24.1 Å². The summed E-state index contributed by atoms with van der Waals surface area (Å²) in [6.07, 6.45) is 2.43. The summed E-state index contributed by atoms with van der Waals surface area (Å²) in [6, 6.07) is 7.79. The van der Waals surface area contributed by atoms with Gasteiger partial charge in [-0.1, -0.05) is 42.3 Å². The van der Waals surface area contributed by atoms with Crippen molar-refractivity contribution in [2.24, 2.45) is 0 Å². The van der Waals surface area contributed by atoms with Crippen LogP contribution >= 0.6 is 39.1 Å². The molecule has 0 aliphatic heterocycles. The van der Waals surface area contributed by atoms with E-state index < -0.39 is 0 Å². The summed E-state index contributed by atoms with van der Waals surface area (Å²) >= 11 is 15.7. The average molecular weight is 363 g/mol. The third-order valence-electron chi connectivity index (χ3n) is 2.93. The van der Waals surface area contributed by atoms with Gasteiger partial charge in [0.05, 0.1) is 16.3 Å². The van der Waals surface area contributed by atoms with Crippen LogP contribution in [0.25, 0.3) is 0 Å². The Labute approximate surface area is 131 Å². The van der Waals surface area contributed by atoms with Crippen molar-refractivity contribution >= 4 is 39.1 Å². The van der Waals surface area contributed by atoms with E-state index in [4.69, 9.17) is 27.6 Å². The topological polar surface area (TPSA) is 25.2 Å². The molecule has 2 rings (SSSR count). The highest BCUT2D eigenvalue weighted by Crippen LogP contribution is 2.31. The van der Waals surface area contributed by atoms with Crippen LogP contribution < -0.4 is 5.32 Å². The van der Waals surface area contributed by atoms with Crippen LogP contribution in [0.4, 0.5) is 0 Å². The smallest absolute Gasteiger partial charge is 0.173 e. The molecule has 0 spiro atoms. The minimum absolute atomic E-state index is 0.133. The summed E-state index contributed by atoms with van der Waals surface area (Å²) in [6.45, 7) is 2.93. The fourth-order valence-electron chi connectivity index (χ4n) is 2.02. The lowest BCUT2D eigenvalue weighted by Crippen LogP contribution is -2.23. The summed E-state index contributed by atoms with van der Waals surface area (Å²) in [4.78, 5) is 0. The first-order chi connectivity index (χ1) is 9.13. The minimum Gasteiger partial charge on any atom is -0.457 e. The predicted octanol–water partition coefficient (Wildman–Crippen LogP) is 5.24. The number of benzene rings is 1. The van der Waals surface area contributed by atoms with Gasteiger partial charge in [-0.2, -0.15) is 0 Å². The Balaban J connectivity index is 2.27. The van der Waals surface area contributed by atoms with Crippen molar-refractivity contribution in [3.8, 4) is 0 Å². The number of rotatable bonds is 5. The highest BCUT2D eigenvalue weighted by atomic mass is 79.9. The van der Waals surface area contributed by atoms with Gasteiger partial charge in [-0.25, -0.2) is 0 Å². The quantitative estimate of drug-likeness (QED) is 0.786. The molecule has 1 heterocycles. The van der Waals surface area contributed by atoms with E-state index in [2.05, 4.69) is 28.2 Å². The summed E-state index contributed by atoms with van der Waals surface area (Å²) in [7, 11) is 0. The summed E-state index contributed by atoms with van der Waals surface area (Å²) in [5.74, 6) is 0. The van der Waals surface area contributed by atoms with Gasteiger partial charge in [-0.05, 0) is 46.6 Å². The monoisotopic (exact) mass is 361 g/mol. The first-order valence-corrected chi connectivity index (χ1v) is 7.57. The van der Waals surface area contributed by atoms with Gasteiger partial charge in [0.15, 0.2) is 4.67 Å². The summed E-state index contributed by atoms with van der Waals surface area (Å²) in [5.41, 5.74) is 2.10. The highest BCUT2D eigenvalue weighted by molar-refractivity contribution is 9.10. The lowest BCUT2D eigenvalue weighted by molar-refractivity contribution is 0.506. The van der Waals surface area contributed by atoms with Crippen molar-refractivity contribution in [1.82, 2.24) is 5.32 Å². The van der Waals surface area contributed by atoms with Gasteiger partial charge in [-0.15, -0.1) is 0 Å². The van der Waals surface area contributed by atoms with Crippen LogP contribution in [0.15, 0.2) is 39.6 Å². The normalized spacial score (nSPS) is 12.6. The van der Waals surface area contributed by atoms with Crippen molar-refractivity contribution in [1.29, 1.82) is 0 Å². The van der Waals surface area contributed by atoms with Gasteiger partial charge in [0, 0.05) is 11.6 Å². The number of furan rings is 1. The van der Waals surface area contributed by atoms with Crippen LogP contribution in [0.3, 0.4) is 0 Å². The maximum atomic E-state index is 6.24. The molecule has 0 aliphatic rings. The Morgan fingerprint density at radius 3 is 2.74 bits per heavy atom. The standard InChI is InChI=1S/C14H14BrCl2NO/c1-2-18-12(10-6-7-19-14(10)15)8-9-4-3-5-11(16)13(9)17/h3-7,12,18H,2,8H2,1H3. The largest absolute Gasteiger partial charge is 0.457 e. The highest BCUT2D eigenvalue weighted by Gasteiger charge is 2.18. The van der Waals surface area contributed by atoms with Crippen molar-refractivity contribution in [3.05, 3.63) is 56.4 Å². The van der Waals surface area contributed by atoms with E-state index in [0.29, 0.717) is 10.0 Å². The minimum atomic E-state index is 0.133. The molecule has 1 N–H and O–H groups in total. The molecule has 2 aromatic rings. The lowest BCUT2D eigenvalue weighted by atomic mass is 10.0. The Bertz CT molecular complexity index is 556. The second-order valence-corrected chi connectivity index (χ2v) is 5.68. The number of likely N-dealkylation sites (N-methyl/N-ethyl adjacent to an activating group) is 1. The molecule has 0 aliphatic carbocycles. The van der Waals surface area contributed by atoms with Crippen molar-refractivity contribution in [2.75, 3.05) is 6.54 Å². The van der Waals surface area contributed by atoms with E-state index in [1.807, 2.05) is 18.2 Å². The third kappa shape index (κ3) is 3.54. The molecule has 1 unspecified atom stereocenters. The molecular formula is C14H14BrCl2NO. The van der Waals surface area contributed by atoms with Gasteiger partial charge in [0.25, 0.3) is 0 Å². The zero-order valence-corrected chi connectivity index (χ0v) is 13.5. The molecular weight excluding hydrogens is 349 g/mol. The Hall–Kier alpha value is -0.480. The maximum Gasteiger partial charge on any atom is 0.173 e. The molecule has 19 heavy (non-hydrogen) atoms. The van der Waals surface area contributed by atoms with Crippen molar-refractivity contribution in [2.45, 2.75) is 19.4 Å². The molecule has 0 radical (unpaired) electrons. The second-order valence-electron chi connectivity index (χ2n) is 4.18. The van der Waals surface area contributed by atoms with Gasteiger partial charge in [0.2, 0.25) is 0 Å². The zero-order chi connectivity index (χ0) is 13.8. The average Bonchev–Trinajstić information content (AvgIpc) is 2.80. The van der Waals surface area contributed by atoms with Gasteiger partial charge >= 0.3 is 0 Å². The van der Waals surface area contributed by atoms with E-state index in [9.17, 15) is 0 Å². The van der Waals surface area contributed by atoms with Gasteiger partial charge < -0.3 is 9.73 Å². The van der Waals surface area contributed by atoms with Crippen molar-refractivity contribution in [3.63, 3.8) is 0 Å². The molecule has 5 heteroatoms. The van der Waals surface area contributed by atoms with E-state index in [-0.39, 0.29) is 6.04 Å². The molecule has 1 atom stereocenters. The Kier molecular flexibility index (Phi) is 5.34. The number of halogens is 3. The lowest BCUT2D eigenvalue weighted by Gasteiger charge is -2.18. The molecule has 2 nitrogen and oxygen atoms in total. The number of hydrogen-bond acceptors (Lipinski definition) is 2. The van der Waals surface area contributed by atoms with E-state index in [1.54, 1.807) is 12.3 Å². The first kappa shape index (κ1) is 14.9. The molecule has 0 bridgehead atoms. The van der Waals surface area contributed by atoms with Crippen LogP contribution in [-0.4, -0.2) is 6.54 Å². The Morgan fingerprint density at radius 1 is 1.32 bits per heavy atom. The van der Waals surface area contributed by atoms with E-state index in [1.165, 1.54) is 0 Å². The van der Waals surface area contributed by atoms with Crippen LogP contribution in [-0.2, 0) is 6.42 Å². The summed E-state index contributed by atoms with van der Waals surface area (Å²) in [5, 5.41) is 4.63. The molecule has 0 fully saturated rings. The van der Waals surface area contributed by atoms with Gasteiger partial charge in [0.1, 0.15) is 0 Å². The van der Waals surface area contributed by atoms with Crippen LogP contribution in [0.5, 0.6) is 0 Å². The number of nitrogens with one attached hydrogen (secondary N) is 1.